The Balaban J connectivity index is 1.77. The molecule has 0 saturated heterocycles. The summed E-state index contributed by atoms with van der Waals surface area (Å²) in [6.45, 7) is 5.46. The summed E-state index contributed by atoms with van der Waals surface area (Å²) in [4.78, 5) is 2.92. The van der Waals surface area contributed by atoms with Crippen molar-refractivity contribution in [1.82, 2.24) is 5.32 Å². The second-order valence-electron chi connectivity index (χ2n) is 4.34. The van der Waals surface area contributed by atoms with E-state index >= 15 is 0 Å². The maximum atomic E-state index is 3.59. The summed E-state index contributed by atoms with van der Waals surface area (Å²) in [5.41, 5.74) is 1.44. The normalized spacial score (nSPS) is 12.8. The first-order chi connectivity index (χ1) is 8.28. The molecule has 0 spiro atoms. The third kappa shape index (κ3) is 3.95. The minimum absolute atomic E-state index is 0.539. The van der Waals surface area contributed by atoms with Crippen LogP contribution in [0.5, 0.6) is 0 Å². The van der Waals surface area contributed by atoms with Crippen LogP contribution in [0.15, 0.2) is 29.0 Å². The predicted molar refractivity (Wildman–Crippen MR) is 78.0 cm³/mol. The largest absolute Gasteiger partial charge is 0.309 e. The van der Waals surface area contributed by atoms with E-state index in [1.165, 1.54) is 15.3 Å². The van der Waals surface area contributed by atoms with Gasteiger partial charge in [0.2, 0.25) is 0 Å². The molecule has 17 heavy (non-hydrogen) atoms. The Morgan fingerprint density at radius 3 is 2.71 bits per heavy atom. The van der Waals surface area contributed by atoms with Crippen LogP contribution in [0.2, 0.25) is 0 Å². The lowest BCUT2D eigenvalue weighted by Crippen LogP contribution is -2.26. The number of thiophene rings is 2. The maximum absolute atomic E-state index is 3.59. The van der Waals surface area contributed by atoms with Crippen molar-refractivity contribution < 1.29 is 0 Å². The van der Waals surface area contributed by atoms with E-state index in [9.17, 15) is 0 Å². The molecule has 0 saturated carbocycles. The lowest BCUT2D eigenvalue weighted by molar-refractivity contribution is 0.549. The average molecular weight is 265 g/mol. The first kappa shape index (κ1) is 12.8. The smallest absolute Gasteiger partial charge is 0.0302 e. The van der Waals surface area contributed by atoms with Crippen molar-refractivity contribution in [2.75, 3.05) is 0 Å². The van der Waals surface area contributed by atoms with Gasteiger partial charge in [-0.05, 0) is 54.3 Å². The molecule has 2 aromatic heterocycles. The highest BCUT2D eigenvalue weighted by Crippen LogP contribution is 2.17. The van der Waals surface area contributed by atoms with E-state index in [1.54, 1.807) is 11.3 Å². The van der Waals surface area contributed by atoms with Crippen LogP contribution in [0.4, 0.5) is 0 Å². The van der Waals surface area contributed by atoms with Crippen molar-refractivity contribution in [2.24, 2.45) is 0 Å². The molecule has 2 heterocycles. The molecule has 1 N–H and O–H groups in total. The molecule has 0 aliphatic rings. The second kappa shape index (κ2) is 6.34. The number of hydrogen-bond donors (Lipinski definition) is 1. The molecule has 1 nitrogen and oxygen atoms in total. The monoisotopic (exact) mass is 265 g/mol. The minimum atomic E-state index is 0.539. The van der Waals surface area contributed by atoms with Crippen molar-refractivity contribution in [3.63, 3.8) is 0 Å². The Morgan fingerprint density at radius 1 is 1.24 bits per heavy atom. The van der Waals surface area contributed by atoms with Gasteiger partial charge in [0.25, 0.3) is 0 Å². The number of aryl methyl sites for hydroxylation is 1. The van der Waals surface area contributed by atoms with Gasteiger partial charge in [-0.1, -0.05) is 6.92 Å². The van der Waals surface area contributed by atoms with Gasteiger partial charge in [-0.15, -0.1) is 11.3 Å². The standard InChI is InChI=1S/C14H19NS2/c1-3-13-4-5-14(17-13)9-15-11(2)8-12-6-7-16-10-12/h4-7,10-11,15H,3,8-9H2,1-2H3. The van der Waals surface area contributed by atoms with Crippen LogP contribution in [0.3, 0.4) is 0 Å². The third-order valence-electron chi connectivity index (χ3n) is 2.81. The molecule has 0 bridgehead atoms. The van der Waals surface area contributed by atoms with Crippen LogP contribution in [-0.4, -0.2) is 6.04 Å². The zero-order valence-electron chi connectivity index (χ0n) is 10.4. The van der Waals surface area contributed by atoms with Crippen molar-refractivity contribution >= 4 is 22.7 Å². The molecule has 0 fully saturated rings. The van der Waals surface area contributed by atoms with Crippen molar-refractivity contribution in [2.45, 2.75) is 39.3 Å². The summed E-state index contributed by atoms with van der Waals surface area (Å²) in [5.74, 6) is 0. The van der Waals surface area contributed by atoms with Crippen molar-refractivity contribution in [3.8, 4) is 0 Å². The number of rotatable bonds is 6. The SMILES string of the molecule is CCc1ccc(CNC(C)Cc2ccsc2)s1. The molecule has 3 heteroatoms. The molecule has 0 aromatic carbocycles. The van der Waals surface area contributed by atoms with Crippen LogP contribution < -0.4 is 5.32 Å². The molecule has 0 aliphatic carbocycles. The topological polar surface area (TPSA) is 12.0 Å². The van der Waals surface area contributed by atoms with Gasteiger partial charge in [-0.25, -0.2) is 0 Å². The van der Waals surface area contributed by atoms with E-state index in [1.807, 2.05) is 11.3 Å². The predicted octanol–water partition coefficient (Wildman–Crippen LogP) is 4.09. The summed E-state index contributed by atoms with van der Waals surface area (Å²) in [6.07, 6.45) is 2.27. The molecule has 2 rings (SSSR count). The highest BCUT2D eigenvalue weighted by atomic mass is 32.1. The fourth-order valence-electron chi connectivity index (χ4n) is 1.82. The quantitative estimate of drug-likeness (QED) is 0.829. The van der Waals surface area contributed by atoms with Gasteiger partial charge in [-0.3, -0.25) is 0 Å². The van der Waals surface area contributed by atoms with Crippen LogP contribution in [0.1, 0.15) is 29.2 Å². The molecular weight excluding hydrogens is 246 g/mol. The van der Waals surface area contributed by atoms with Gasteiger partial charge in [-0.2, -0.15) is 11.3 Å². The fraction of sp³-hybridized carbons (Fsp3) is 0.429. The van der Waals surface area contributed by atoms with Crippen molar-refractivity contribution in [1.29, 1.82) is 0 Å². The molecule has 0 radical (unpaired) electrons. The molecular formula is C14H19NS2. The molecule has 0 aliphatic heterocycles. The second-order valence-corrected chi connectivity index (χ2v) is 6.37. The van der Waals surface area contributed by atoms with Gasteiger partial charge in [0, 0.05) is 22.3 Å². The molecule has 92 valence electrons. The number of hydrogen-bond acceptors (Lipinski definition) is 3. The third-order valence-corrected chi connectivity index (χ3v) is 4.77. The van der Waals surface area contributed by atoms with E-state index in [0.29, 0.717) is 6.04 Å². The van der Waals surface area contributed by atoms with Gasteiger partial charge in [0.05, 0.1) is 0 Å². The van der Waals surface area contributed by atoms with Crippen LogP contribution in [0.25, 0.3) is 0 Å². The van der Waals surface area contributed by atoms with Gasteiger partial charge in [0.1, 0.15) is 0 Å². The van der Waals surface area contributed by atoms with Crippen LogP contribution in [0, 0.1) is 0 Å². The highest BCUT2D eigenvalue weighted by Gasteiger charge is 2.04. The van der Waals surface area contributed by atoms with Gasteiger partial charge >= 0.3 is 0 Å². The number of nitrogens with one attached hydrogen (secondary N) is 1. The van der Waals surface area contributed by atoms with E-state index in [2.05, 4.69) is 48.1 Å². The van der Waals surface area contributed by atoms with Crippen LogP contribution >= 0.6 is 22.7 Å². The molecule has 1 unspecified atom stereocenters. The Labute approximate surface area is 112 Å². The minimum Gasteiger partial charge on any atom is -0.309 e. The summed E-state index contributed by atoms with van der Waals surface area (Å²) in [6, 6.07) is 7.24. The average Bonchev–Trinajstić information content (AvgIpc) is 2.96. The van der Waals surface area contributed by atoms with E-state index < -0.39 is 0 Å². The maximum Gasteiger partial charge on any atom is 0.0302 e. The lowest BCUT2D eigenvalue weighted by atomic mass is 10.1. The Hall–Kier alpha value is -0.640. The summed E-state index contributed by atoms with van der Waals surface area (Å²) < 4.78 is 0. The molecule has 0 amide bonds. The Kier molecular flexibility index (Phi) is 4.77. The lowest BCUT2D eigenvalue weighted by Gasteiger charge is -2.11. The van der Waals surface area contributed by atoms with Crippen molar-refractivity contribution in [3.05, 3.63) is 44.3 Å². The molecule has 1 atom stereocenters. The first-order valence-corrected chi connectivity index (χ1v) is 7.86. The van der Waals surface area contributed by atoms with Gasteiger partial charge < -0.3 is 5.32 Å². The zero-order chi connectivity index (χ0) is 12.1. The Morgan fingerprint density at radius 2 is 2.06 bits per heavy atom. The van der Waals surface area contributed by atoms with E-state index in [-0.39, 0.29) is 0 Å². The summed E-state index contributed by atoms with van der Waals surface area (Å²) in [7, 11) is 0. The first-order valence-electron chi connectivity index (χ1n) is 6.10. The highest BCUT2D eigenvalue weighted by molar-refractivity contribution is 7.11. The molecule has 2 aromatic rings. The van der Waals surface area contributed by atoms with E-state index in [0.717, 1.165) is 19.4 Å². The Bertz CT molecular complexity index is 431. The summed E-state index contributed by atoms with van der Waals surface area (Å²) in [5, 5.41) is 7.97. The zero-order valence-corrected chi connectivity index (χ0v) is 12.0. The summed E-state index contributed by atoms with van der Waals surface area (Å²) >= 11 is 3.70. The fourth-order valence-corrected chi connectivity index (χ4v) is 3.41. The van der Waals surface area contributed by atoms with E-state index in [4.69, 9.17) is 0 Å². The van der Waals surface area contributed by atoms with Crippen LogP contribution in [-0.2, 0) is 19.4 Å². The van der Waals surface area contributed by atoms with Gasteiger partial charge in [0.15, 0.2) is 0 Å².